The van der Waals surface area contributed by atoms with Gasteiger partial charge in [0, 0.05) is 32.3 Å². The molecule has 0 aliphatic heterocycles. The molecule has 1 aromatic rings. The summed E-state index contributed by atoms with van der Waals surface area (Å²) in [5, 5.41) is 1.85. The molecule has 0 aliphatic rings. The van der Waals surface area contributed by atoms with E-state index in [1.807, 2.05) is 5.32 Å². The monoisotopic (exact) mass is 382 g/mol. The van der Waals surface area contributed by atoms with E-state index in [4.69, 9.17) is 21.1 Å². The van der Waals surface area contributed by atoms with E-state index in [9.17, 15) is 22.8 Å². The molecule has 6 nitrogen and oxygen atoms in total. The highest BCUT2D eigenvalue weighted by Crippen LogP contribution is 2.36. The van der Waals surface area contributed by atoms with Gasteiger partial charge in [-0.15, -0.1) is 0 Å². The number of carbonyl (C=O) groups excluding carboxylic acids is 2. The van der Waals surface area contributed by atoms with E-state index >= 15 is 0 Å². The Bertz CT molecular complexity index is 603. The van der Waals surface area contributed by atoms with Gasteiger partial charge in [0.05, 0.1) is 24.5 Å². The minimum atomic E-state index is -4.73. The maximum atomic E-state index is 13.0. The second-order valence-electron chi connectivity index (χ2n) is 4.92. The number of anilines is 1. The fourth-order valence-corrected chi connectivity index (χ4v) is 2.07. The van der Waals surface area contributed by atoms with Crippen LogP contribution in [0.2, 0.25) is 5.02 Å². The van der Waals surface area contributed by atoms with Crippen LogP contribution in [0, 0.1) is 0 Å². The largest absolute Gasteiger partial charge is 0.418 e. The van der Waals surface area contributed by atoms with Gasteiger partial charge in [-0.1, -0.05) is 11.6 Å². The molecule has 1 rings (SSSR count). The summed E-state index contributed by atoms with van der Waals surface area (Å²) in [5.41, 5.74) is -1.69. The van der Waals surface area contributed by atoms with Crippen LogP contribution in [-0.4, -0.2) is 57.2 Å². The Morgan fingerprint density at radius 2 is 1.72 bits per heavy atom. The van der Waals surface area contributed by atoms with Gasteiger partial charge in [0.25, 0.3) is 0 Å². The Morgan fingerprint density at radius 3 is 2.20 bits per heavy atom. The minimum absolute atomic E-state index is 0.0961. The van der Waals surface area contributed by atoms with Gasteiger partial charge in [0.1, 0.15) is 0 Å². The number of alkyl halides is 3. The molecule has 0 spiro atoms. The van der Waals surface area contributed by atoms with Gasteiger partial charge in [0.15, 0.2) is 0 Å². The van der Waals surface area contributed by atoms with Crippen LogP contribution in [0.3, 0.4) is 0 Å². The first-order valence-corrected chi connectivity index (χ1v) is 7.53. The van der Waals surface area contributed by atoms with Crippen molar-refractivity contribution >= 4 is 29.1 Å². The van der Waals surface area contributed by atoms with E-state index < -0.39 is 29.2 Å². The van der Waals surface area contributed by atoms with Gasteiger partial charge in [-0.2, -0.15) is 13.2 Å². The van der Waals surface area contributed by atoms with Crippen molar-refractivity contribution in [2.24, 2.45) is 0 Å². The summed E-state index contributed by atoms with van der Waals surface area (Å²) >= 11 is 5.57. The summed E-state index contributed by atoms with van der Waals surface area (Å²) in [6, 6.07) is 2.85. The molecule has 1 aromatic carbocycles. The highest BCUT2D eigenvalue weighted by Gasteiger charge is 2.35. The Hall–Kier alpha value is -1.84. The van der Waals surface area contributed by atoms with Crippen molar-refractivity contribution in [1.29, 1.82) is 0 Å². The molecule has 0 heterocycles. The third-order valence-electron chi connectivity index (χ3n) is 3.15. The van der Waals surface area contributed by atoms with Gasteiger partial charge in [-0.25, -0.2) is 0 Å². The van der Waals surface area contributed by atoms with Crippen LogP contribution in [-0.2, 0) is 25.2 Å². The van der Waals surface area contributed by atoms with Crippen LogP contribution in [0.4, 0.5) is 18.9 Å². The maximum Gasteiger partial charge on any atom is 0.418 e. The summed E-state index contributed by atoms with van der Waals surface area (Å²) in [5.74, 6) is -2.18. The summed E-state index contributed by atoms with van der Waals surface area (Å²) < 4.78 is 48.8. The highest BCUT2D eigenvalue weighted by atomic mass is 35.5. The molecule has 0 bridgehead atoms. The molecule has 0 saturated heterocycles. The van der Waals surface area contributed by atoms with Gasteiger partial charge in [0.2, 0.25) is 0 Å². The van der Waals surface area contributed by atoms with E-state index in [1.54, 1.807) is 0 Å². The minimum Gasteiger partial charge on any atom is -0.383 e. The molecule has 0 unspecified atom stereocenters. The summed E-state index contributed by atoms with van der Waals surface area (Å²) in [6.07, 6.45) is -4.73. The molecule has 140 valence electrons. The van der Waals surface area contributed by atoms with Crippen molar-refractivity contribution in [1.82, 2.24) is 4.90 Å². The maximum absolute atomic E-state index is 13.0. The normalized spacial score (nSPS) is 11.3. The highest BCUT2D eigenvalue weighted by molar-refractivity contribution is 6.39. The van der Waals surface area contributed by atoms with Gasteiger partial charge >= 0.3 is 18.0 Å². The first-order chi connectivity index (χ1) is 11.7. The van der Waals surface area contributed by atoms with Crippen molar-refractivity contribution in [2.45, 2.75) is 6.18 Å². The number of ether oxygens (including phenoxy) is 2. The SMILES string of the molecule is COCCN(CCOC)C(=O)C(=O)Nc1ccc(Cl)cc1C(F)(F)F. The molecule has 0 aromatic heterocycles. The number of carbonyl (C=O) groups is 2. The standard InChI is InChI=1S/C15H18ClF3N2O4/c1-24-7-5-21(6-8-25-2)14(23)13(22)20-12-4-3-10(16)9-11(12)15(17,18)19/h3-4,9H,5-8H2,1-2H3,(H,20,22). The lowest BCUT2D eigenvalue weighted by atomic mass is 10.1. The fourth-order valence-electron chi connectivity index (χ4n) is 1.90. The zero-order valence-corrected chi connectivity index (χ0v) is 14.4. The van der Waals surface area contributed by atoms with Gasteiger partial charge in [-0.3, -0.25) is 9.59 Å². The van der Waals surface area contributed by atoms with Crippen molar-refractivity contribution in [3.63, 3.8) is 0 Å². The number of nitrogens with zero attached hydrogens (tertiary/aromatic N) is 1. The molecule has 0 atom stereocenters. The fraction of sp³-hybridized carbons (Fsp3) is 0.467. The van der Waals surface area contributed by atoms with Crippen molar-refractivity contribution in [3.8, 4) is 0 Å². The lowest BCUT2D eigenvalue weighted by molar-refractivity contribution is -0.144. The topological polar surface area (TPSA) is 67.9 Å². The number of hydrogen-bond acceptors (Lipinski definition) is 4. The first kappa shape index (κ1) is 21.2. The van der Waals surface area contributed by atoms with Crippen LogP contribution in [0.15, 0.2) is 18.2 Å². The lowest BCUT2D eigenvalue weighted by Gasteiger charge is -2.22. The predicted octanol–water partition coefficient (Wildman–Crippen LogP) is 2.42. The van der Waals surface area contributed by atoms with Gasteiger partial charge < -0.3 is 19.7 Å². The van der Waals surface area contributed by atoms with Gasteiger partial charge in [-0.05, 0) is 18.2 Å². The lowest BCUT2D eigenvalue weighted by Crippen LogP contribution is -2.43. The Labute approximate surface area is 147 Å². The van der Waals surface area contributed by atoms with E-state index in [1.165, 1.54) is 20.3 Å². The summed E-state index contributed by atoms with van der Waals surface area (Å²) in [6.45, 7) is 0.521. The summed E-state index contributed by atoms with van der Waals surface area (Å²) in [7, 11) is 2.84. The number of hydrogen-bond donors (Lipinski definition) is 1. The van der Waals surface area contributed by atoms with E-state index in [0.29, 0.717) is 6.07 Å². The van der Waals surface area contributed by atoms with Crippen LogP contribution < -0.4 is 5.32 Å². The molecule has 0 radical (unpaired) electrons. The average Bonchev–Trinajstić information content (AvgIpc) is 2.55. The van der Waals surface area contributed by atoms with Crippen molar-refractivity contribution in [2.75, 3.05) is 45.8 Å². The molecule has 0 fully saturated rings. The number of halogens is 4. The van der Waals surface area contributed by atoms with E-state index in [0.717, 1.165) is 11.0 Å². The van der Waals surface area contributed by atoms with Crippen LogP contribution >= 0.6 is 11.6 Å². The predicted molar refractivity (Wildman–Crippen MR) is 85.4 cm³/mol. The Balaban J connectivity index is 2.94. The summed E-state index contributed by atoms with van der Waals surface area (Å²) in [4.78, 5) is 25.4. The van der Waals surface area contributed by atoms with E-state index in [2.05, 4.69) is 0 Å². The molecule has 2 amide bonds. The third kappa shape index (κ3) is 6.52. The second-order valence-corrected chi connectivity index (χ2v) is 5.36. The molecular formula is C15H18ClF3N2O4. The quantitative estimate of drug-likeness (QED) is 0.735. The number of benzene rings is 1. The number of rotatable bonds is 7. The zero-order valence-electron chi connectivity index (χ0n) is 13.7. The van der Waals surface area contributed by atoms with Crippen LogP contribution in [0.1, 0.15) is 5.56 Å². The number of amides is 2. The third-order valence-corrected chi connectivity index (χ3v) is 3.38. The molecule has 0 aliphatic carbocycles. The molecule has 25 heavy (non-hydrogen) atoms. The number of methoxy groups -OCH3 is 2. The second kappa shape index (κ2) is 9.59. The van der Waals surface area contributed by atoms with Crippen LogP contribution in [0.25, 0.3) is 0 Å². The smallest absolute Gasteiger partial charge is 0.383 e. The number of nitrogens with one attached hydrogen (secondary N) is 1. The molecule has 0 saturated carbocycles. The Kier molecular flexibility index (Phi) is 8.14. The van der Waals surface area contributed by atoms with Crippen molar-refractivity contribution in [3.05, 3.63) is 28.8 Å². The van der Waals surface area contributed by atoms with E-state index in [-0.39, 0.29) is 31.3 Å². The molecular weight excluding hydrogens is 365 g/mol. The first-order valence-electron chi connectivity index (χ1n) is 7.15. The Morgan fingerprint density at radius 1 is 1.16 bits per heavy atom. The van der Waals surface area contributed by atoms with Crippen molar-refractivity contribution < 1.29 is 32.2 Å². The zero-order chi connectivity index (χ0) is 19.0. The molecule has 1 N–H and O–H groups in total. The molecule has 10 heteroatoms. The van der Waals surface area contributed by atoms with Crippen LogP contribution in [0.5, 0.6) is 0 Å². The average molecular weight is 383 g/mol.